The maximum Gasteiger partial charge on any atom is 0.309 e. The summed E-state index contributed by atoms with van der Waals surface area (Å²) in [6.07, 6.45) is 2.59. The molecule has 0 bridgehead atoms. The van der Waals surface area contributed by atoms with Gasteiger partial charge in [-0.3, -0.25) is 4.79 Å². The molecule has 0 aliphatic rings. The average Bonchev–Trinajstić information content (AvgIpc) is 2.43. The van der Waals surface area contributed by atoms with Gasteiger partial charge in [0.15, 0.2) is 0 Å². The third-order valence-electron chi connectivity index (χ3n) is 3.95. The number of hydrogen-bond acceptors (Lipinski definition) is 2. The summed E-state index contributed by atoms with van der Waals surface area (Å²) in [7, 11) is 0. The van der Waals surface area contributed by atoms with Gasteiger partial charge in [-0.05, 0) is 62.5 Å². The topological polar surface area (TPSA) is 37.3 Å². The average molecular weight is 357 g/mol. The number of benzene rings is 1. The fraction of sp³-hybridized carbons (Fsp3) is 0.632. The van der Waals surface area contributed by atoms with Crippen LogP contribution in [0.25, 0.3) is 0 Å². The maximum atomic E-state index is 11.3. The summed E-state index contributed by atoms with van der Waals surface area (Å²) in [4.78, 5) is 11.3. The van der Waals surface area contributed by atoms with Crippen LogP contribution in [0.5, 0.6) is 0 Å². The zero-order chi connectivity index (χ0) is 17.7. The summed E-state index contributed by atoms with van der Waals surface area (Å²) in [6.45, 7) is 10.3. The van der Waals surface area contributed by atoms with Gasteiger partial charge in [0.1, 0.15) is 0 Å². The molecule has 1 aromatic carbocycles. The quantitative estimate of drug-likeness (QED) is 0.628. The Labute approximate surface area is 150 Å². The van der Waals surface area contributed by atoms with Crippen LogP contribution in [-0.2, 0) is 11.2 Å². The van der Waals surface area contributed by atoms with Crippen molar-refractivity contribution in [3.8, 4) is 0 Å². The first-order chi connectivity index (χ1) is 10.5. The van der Waals surface area contributed by atoms with Crippen molar-refractivity contribution in [1.29, 1.82) is 0 Å². The number of carbonyl (C=O) groups is 1. The minimum Gasteiger partial charge on any atom is -0.481 e. The molecule has 0 fully saturated rings. The SMILES string of the molecule is CC(C)(C)SCC(CCC(C)(C)C(=O)O)Cc1ccc(Cl)cc1. The minimum atomic E-state index is -0.716. The largest absolute Gasteiger partial charge is 0.481 e. The molecule has 0 aliphatic carbocycles. The summed E-state index contributed by atoms with van der Waals surface area (Å²) >= 11 is 7.91. The summed E-state index contributed by atoms with van der Waals surface area (Å²) in [5, 5.41) is 10.1. The second-order valence-electron chi connectivity index (χ2n) is 7.85. The summed E-state index contributed by atoms with van der Waals surface area (Å²) in [6, 6.07) is 7.98. The van der Waals surface area contributed by atoms with Gasteiger partial charge in [-0.1, -0.05) is 44.5 Å². The third kappa shape index (κ3) is 8.12. The van der Waals surface area contributed by atoms with E-state index in [1.807, 2.05) is 37.7 Å². The van der Waals surface area contributed by atoms with Gasteiger partial charge in [-0.25, -0.2) is 0 Å². The van der Waals surface area contributed by atoms with Gasteiger partial charge in [0.25, 0.3) is 0 Å². The molecule has 0 aliphatic heterocycles. The Morgan fingerprint density at radius 2 is 1.74 bits per heavy atom. The number of aliphatic carboxylic acids is 1. The smallest absolute Gasteiger partial charge is 0.309 e. The number of hydrogen-bond donors (Lipinski definition) is 1. The molecule has 130 valence electrons. The Bertz CT molecular complexity index is 503. The van der Waals surface area contributed by atoms with Crippen LogP contribution in [-0.4, -0.2) is 21.6 Å². The van der Waals surface area contributed by atoms with Crippen molar-refractivity contribution in [2.75, 3.05) is 5.75 Å². The Morgan fingerprint density at radius 1 is 1.17 bits per heavy atom. The third-order valence-corrected chi connectivity index (χ3v) is 5.70. The molecule has 2 nitrogen and oxygen atoms in total. The van der Waals surface area contributed by atoms with E-state index in [2.05, 4.69) is 32.9 Å². The lowest BCUT2D eigenvalue weighted by Gasteiger charge is -2.26. The predicted molar refractivity (Wildman–Crippen MR) is 102 cm³/mol. The van der Waals surface area contributed by atoms with Crippen LogP contribution in [0, 0.1) is 11.3 Å². The fourth-order valence-corrected chi connectivity index (χ4v) is 3.38. The highest BCUT2D eigenvalue weighted by Gasteiger charge is 2.28. The van der Waals surface area contributed by atoms with Crippen molar-refractivity contribution >= 4 is 29.3 Å². The van der Waals surface area contributed by atoms with Crippen LogP contribution < -0.4 is 0 Å². The van der Waals surface area contributed by atoms with Crippen LogP contribution in [0.4, 0.5) is 0 Å². The van der Waals surface area contributed by atoms with Crippen molar-refractivity contribution in [3.05, 3.63) is 34.9 Å². The zero-order valence-corrected chi connectivity index (χ0v) is 16.4. The zero-order valence-electron chi connectivity index (χ0n) is 14.9. The van der Waals surface area contributed by atoms with E-state index in [1.165, 1.54) is 5.56 Å². The lowest BCUT2D eigenvalue weighted by atomic mass is 9.83. The van der Waals surface area contributed by atoms with Crippen molar-refractivity contribution in [3.63, 3.8) is 0 Å². The van der Waals surface area contributed by atoms with Crippen LogP contribution in [0.1, 0.15) is 53.0 Å². The molecule has 23 heavy (non-hydrogen) atoms. The van der Waals surface area contributed by atoms with Crippen molar-refractivity contribution in [2.24, 2.45) is 11.3 Å². The number of thioether (sulfide) groups is 1. The Morgan fingerprint density at radius 3 is 2.22 bits per heavy atom. The van der Waals surface area contributed by atoms with Crippen LogP contribution in [0.2, 0.25) is 5.02 Å². The predicted octanol–water partition coefficient (Wildman–Crippen LogP) is 5.92. The van der Waals surface area contributed by atoms with Gasteiger partial charge >= 0.3 is 5.97 Å². The van der Waals surface area contributed by atoms with E-state index in [4.69, 9.17) is 11.6 Å². The highest BCUT2D eigenvalue weighted by molar-refractivity contribution is 8.00. The number of rotatable bonds is 8. The molecule has 0 spiro atoms. The van der Waals surface area contributed by atoms with Crippen molar-refractivity contribution in [1.82, 2.24) is 0 Å². The molecule has 1 N–H and O–H groups in total. The summed E-state index contributed by atoms with van der Waals surface area (Å²) in [5.74, 6) is 0.798. The molecule has 0 aromatic heterocycles. The van der Waals surface area contributed by atoms with Crippen molar-refractivity contribution in [2.45, 2.75) is 58.6 Å². The maximum absolute atomic E-state index is 11.3. The molecule has 4 heteroatoms. The molecule has 0 saturated carbocycles. The minimum absolute atomic E-state index is 0.223. The number of carboxylic acids is 1. The lowest BCUT2D eigenvalue weighted by Crippen LogP contribution is -2.25. The lowest BCUT2D eigenvalue weighted by molar-refractivity contribution is -0.147. The number of carboxylic acid groups (broad SMARTS) is 1. The van der Waals surface area contributed by atoms with Gasteiger partial charge in [-0.15, -0.1) is 0 Å². The Kier molecular flexibility index (Phi) is 7.47. The van der Waals surface area contributed by atoms with E-state index in [1.54, 1.807) is 0 Å². The molecule has 1 rings (SSSR count). The first-order valence-corrected chi connectivity index (χ1v) is 9.48. The molecule has 0 saturated heterocycles. The van der Waals surface area contributed by atoms with Gasteiger partial charge in [-0.2, -0.15) is 11.8 Å². The van der Waals surface area contributed by atoms with E-state index >= 15 is 0 Å². The fourth-order valence-electron chi connectivity index (χ4n) is 2.24. The molecule has 0 heterocycles. The van der Waals surface area contributed by atoms with E-state index in [0.29, 0.717) is 12.3 Å². The van der Waals surface area contributed by atoms with E-state index in [-0.39, 0.29) is 4.75 Å². The molecular weight excluding hydrogens is 328 g/mol. The van der Waals surface area contributed by atoms with E-state index < -0.39 is 11.4 Å². The molecule has 1 unspecified atom stereocenters. The summed E-state index contributed by atoms with van der Waals surface area (Å²) in [5.41, 5.74) is 0.604. The number of halogens is 1. The molecule has 0 amide bonds. The highest BCUT2D eigenvalue weighted by atomic mass is 35.5. The van der Waals surface area contributed by atoms with Gasteiger partial charge in [0, 0.05) is 9.77 Å². The van der Waals surface area contributed by atoms with Crippen LogP contribution in [0.15, 0.2) is 24.3 Å². The molecule has 1 aromatic rings. The van der Waals surface area contributed by atoms with Gasteiger partial charge < -0.3 is 5.11 Å². The highest BCUT2D eigenvalue weighted by Crippen LogP contribution is 2.32. The van der Waals surface area contributed by atoms with Gasteiger partial charge in [0.05, 0.1) is 5.41 Å². The molecule has 0 radical (unpaired) electrons. The Balaban J connectivity index is 2.72. The first kappa shape index (κ1) is 20.4. The van der Waals surface area contributed by atoms with Crippen molar-refractivity contribution < 1.29 is 9.90 Å². The normalized spacial score (nSPS) is 13.8. The Hall–Kier alpha value is -0.670. The summed E-state index contributed by atoms with van der Waals surface area (Å²) < 4.78 is 0.223. The standard InChI is InChI=1S/C19H29ClO2S/c1-18(2,3)23-13-15(10-11-19(4,5)17(21)22)12-14-6-8-16(20)9-7-14/h6-9,15H,10-13H2,1-5H3,(H,21,22). The van der Waals surface area contributed by atoms with E-state index in [0.717, 1.165) is 23.6 Å². The molecular formula is C19H29ClO2S. The van der Waals surface area contributed by atoms with Gasteiger partial charge in [0.2, 0.25) is 0 Å². The second kappa shape index (κ2) is 8.43. The second-order valence-corrected chi connectivity index (χ2v) is 10.1. The van der Waals surface area contributed by atoms with E-state index in [9.17, 15) is 9.90 Å². The van der Waals surface area contributed by atoms with Crippen LogP contribution >= 0.6 is 23.4 Å². The first-order valence-electron chi connectivity index (χ1n) is 8.11. The molecule has 1 atom stereocenters. The monoisotopic (exact) mass is 356 g/mol. The van der Waals surface area contributed by atoms with Crippen LogP contribution in [0.3, 0.4) is 0 Å².